The molecular weight excluding hydrogens is 526 g/mol. The van der Waals surface area contributed by atoms with Crippen LogP contribution in [0, 0.1) is 11.3 Å². The molecule has 0 spiro atoms. The Kier molecular flexibility index (Phi) is 8.24. The summed E-state index contributed by atoms with van der Waals surface area (Å²) in [7, 11) is -3.69. The Hall–Kier alpha value is -4.46. The molecule has 1 amide bonds. The average Bonchev–Trinajstić information content (AvgIpc) is 3.57. The molecule has 0 atom stereocenters. The van der Waals surface area contributed by atoms with Crippen molar-refractivity contribution in [1.82, 2.24) is 19.4 Å². The van der Waals surface area contributed by atoms with E-state index in [1.165, 1.54) is 12.3 Å². The van der Waals surface area contributed by atoms with Crippen molar-refractivity contribution in [1.29, 1.82) is 5.26 Å². The van der Waals surface area contributed by atoms with Gasteiger partial charge in [0, 0.05) is 30.4 Å². The zero-order chi connectivity index (χ0) is 28.0. The fourth-order valence-electron chi connectivity index (χ4n) is 4.65. The van der Waals surface area contributed by atoms with Crippen LogP contribution in [0.4, 0.5) is 0 Å². The summed E-state index contributed by atoms with van der Waals surface area (Å²) in [5.41, 5.74) is 2.16. The molecule has 0 bridgehead atoms. The smallest absolute Gasteiger partial charge is 0.262 e. The van der Waals surface area contributed by atoms with E-state index in [1.54, 1.807) is 51.6 Å². The monoisotopic (exact) mass is 555 g/mol. The van der Waals surface area contributed by atoms with Gasteiger partial charge in [-0.1, -0.05) is 43.2 Å². The Balaban J connectivity index is 1.53. The normalized spacial score (nSPS) is 14.8. The second-order valence-electron chi connectivity index (χ2n) is 9.49. The number of nitriles is 1. The Labute approximate surface area is 233 Å². The fraction of sp³-hybridized carbons (Fsp3) is 0.233. The second-order valence-corrected chi connectivity index (χ2v) is 11.4. The van der Waals surface area contributed by atoms with Crippen LogP contribution in [0.5, 0.6) is 0 Å². The van der Waals surface area contributed by atoms with Gasteiger partial charge in [-0.2, -0.15) is 14.7 Å². The first kappa shape index (κ1) is 27.1. The molecule has 0 radical (unpaired) electrons. The molecule has 1 aliphatic rings. The van der Waals surface area contributed by atoms with Gasteiger partial charge in [0.15, 0.2) is 0 Å². The predicted octanol–water partition coefficient (Wildman–Crippen LogP) is 4.92. The zero-order valence-electron chi connectivity index (χ0n) is 21.9. The standard InChI is InChI=1S/C30H29N5O4S/c31-20-24(30(36)32-21-27-13-9-17-39-27)18-25-22-35(26-11-4-3-5-12-26)33-29(25)23-10-8-14-28(19-23)40(37,38)34-15-6-1-2-7-16-34/h3-5,8-14,17-19,22H,1-2,6-7,15-16,21H2,(H,32,36). The van der Waals surface area contributed by atoms with Gasteiger partial charge in [0.25, 0.3) is 5.91 Å². The van der Waals surface area contributed by atoms with Gasteiger partial charge < -0.3 is 9.73 Å². The minimum absolute atomic E-state index is 0.117. The largest absolute Gasteiger partial charge is 0.467 e. The molecule has 1 N–H and O–H groups in total. The lowest BCUT2D eigenvalue weighted by atomic mass is 10.1. The van der Waals surface area contributed by atoms with Crippen molar-refractivity contribution in [2.45, 2.75) is 37.1 Å². The number of carbonyl (C=O) groups is 1. The maximum absolute atomic E-state index is 13.5. The lowest BCUT2D eigenvalue weighted by molar-refractivity contribution is -0.117. The summed E-state index contributed by atoms with van der Waals surface area (Å²) in [6.45, 7) is 1.14. The lowest BCUT2D eigenvalue weighted by Crippen LogP contribution is -2.31. The van der Waals surface area contributed by atoms with Crippen molar-refractivity contribution < 1.29 is 17.6 Å². The summed E-state index contributed by atoms with van der Waals surface area (Å²) in [5, 5.41) is 17.2. The van der Waals surface area contributed by atoms with E-state index in [0.29, 0.717) is 35.7 Å². The van der Waals surface area contributed by atoms with Crippen LogP contribution in [-0.4, -0.2) is 41.5 Å². The number of para-hydroxylation sites is 1. The molecule has 4 aromatic rings. The van der Waals surface area contributed by atoms with Gasteiger partial charge in [0.2, 0.25) is 10.0 Å². The number of benzene rings is 2. The molecule has 40 heavy (non-hydrogen) atoms. The summed E-state index contributed by atoms with van der Waals surface area (Å²) in [6.07, 6.45) is 8.42. The zero-order valence-corrected chi connectivity index (χ0v) is 22.7. The van der Waals surface area contributed by atoms with Crippen molar-refractivity contribution in [2.24, 2.45) is 0 Å². The van der Waals surface area contributed by atoms with Gasteiger partial charge in [0.1, 0.15) is 23.1 Å². The van der Waals surface area contributed by atoms with E-state index in [-0.39, 0.29) is 17.0 Å². The van der Waals surface area contributed by atoms with E-state index < -0.39 is 15.9 Å². The molecule has 0 unspecified atom stereocenters. The van der Waals surface area contributed by atoms with E-state index in [1.807, 2.05) is 36.4 Å². The molecule has 10 heteroatoms. The molecule has 2 aromatic carbocycles. The van der Waals surface area contributed by atoms with Crippen LogP contribution < -0.4 is 5.32 Å². The van der Waals surface area contributed by atoms with Crippen molar-refractivity contribution in [3.63, 3.8) is 0 Å². The summed E-state index contributed by atoms with van der Waals surface area (Å²) >= 11 is 0. The van der Waals surface area contributed by atoms with E-state index in [9.17, 15) is 18.5 Å². The first-order chi connectivity index (χ1) is 19.5. The highest BCUT2D eigenvalue weighted by molar-refractivity contribution is 7.89. The van der Waals surface area contributed by atoms with Crippen LogP contribution in [0.1, 0.15) is 37.0 Å². The van der Waals surface area contributed by atoms with Crippen molar-refractivity contribution in [3.05, 3.63) is 96.1 Å². The topological polar surface area (TPSA) is 121 Å². The molecule has 3 heterocycles. The Bertz CT molecular complexity index is 1640. The molecule has 2 aromatic heterocycles. The fourth-order valence-corrected chi connectivity index (χ4v) is 6.21. The number of amides is 1. The summed E-state index contributed by atoms with van der Waals surface area (Å²) in [5.74, 6) is 0.000428. The van der Waals surface area contributed by atoms with E-state index in [4.69, 9.17) is 9.52 Å². The third-order valence-electron chi connectivity index (χ3n) is 6.74. The molecule has 5 rings (SSSR count). The number of carbonyl (C=O) groups excluding carboxylic acids is 1. The molecule has 0 aliphatic carbocycles. The molecule has 9 nitrogen and oxygen atoms in total. The van der Waals surface area contributed by atoms with Crippen LogP contribution in [-0.2, 0) is 21.4 Å². The Morgan fingerprint density at radius 2 is 1.80 bits per heavy atom. The molecule has 1 aliphatic heterocycles. The van der Waals surface area contributed by atoms with Gasteiger partial charge in [-0.15, -0.1) is 0 Å². The summed E-state index contributed by atoms with van der Waals surface area (Å²) in [4.78, 5) is 13.0. The van der Waals surface area contributed by atoms with E-state index >= 15 is 0 Å². The van der Waals surface area contributed by atoms with E-state index in [0.717, 1.165) is 31.4 Å². The molecular formula is C30H29N5O4S. The predicted molar refractivity (Wildman–Crippen MR) is 150 cm³/mol. The van der Waals surface area contributed by atoms with Crippen LogP contribution in [0.25, 0.3) is 23.0 Å². The van der Waals surface area contributed by atoms with E-state index in [2.05, 4.69) is 5.32 Å². The van der Waals surface area contributed by atoms with Gasteiger partial charge in [-0.25, -0.2) is 13.1 Å². The quantitative estimate of drug-likeness (QED) is 0.243. The summed E-state index contributed by atoms with van der Waals surface area (Å²) < 4.78 is 35.5. The minimum atomic E-state index is -3.69. The number of hydrogen-bond donors (Lipinski definition) is 1. The van der Waals surface area contributed by atoms with Gasteiger partial charge in [-0.3, -0.25) is 4.79 Å². The van der Waals surface area contributed by atoms with Crippen LogP contribution in [0.15, 0.2) is 94.1 Å². The van der Waals surface area contributed by atoms with Crippen molar-refractivity contribution >= 4 is 22.0 Å². The van der Waals surface area contributed by atoms with Crippen LogP contribution in [0.2, 0.25) is 0 Å². The number of nitrogens with one attached hydrogen (secondary N) is 1. The number of sulfonamides is 1. The lowest BCUT2D eigenvalue weighted by Gasteiger charge is -2.20. The van der Waals surface area contributed by atoms with Crippen LogP contribution >= 0.6 is 0 Å². The SMILES string of the molecule is N#CC(=Cc1cn(-c2ccccc2)nc1-c1cccc(S(=O)(=O)N2CCCCCC2)c1)C(=O)NCc1ccco1. The average molecular weight is 556 g/mol. The molecule has 204 valence electrons. The van der Waals surface area contributed by atoms with Gasteiger partial charge in [-0.05, 0) is 55.3 Å². The number of nitrogens with zero attached hydrogens (tertiary/aromatic N) is 4. The molecule has 0 saturated carbocycles. The third-order valence-corrected chi connectivity index (χ3v) is 8.64. The van der Waals surface area contributed by atoms with Crippen LogP contribution in [0.3, 0.4) is 0 Å². The highest BCUT2D eigenvalue weighted by Gasteiger charge is 2.26. The maximum Gasteiger partial charge on any atom is 0.262 e. The number of furan rings is 1. The molecule has 1 fully saturated rings. The highest BCUT2D eigenvalue weighted by atomic mass is 32.2. The first-order valence-corrected chi connectivity index (χ1v) is 14.6. The minimum Gasteiger partial charge on any atom is -0.467 e. The first-order valence-electron chi connectivity index (χ1n) is 13.1. The van der Waals surface area contributed by atoms with Crippen molar-refractivity contribution in [3.8, 4) is 23.0 Å². The number of hydrogen-bond acceptors (Lipinski definition) is 6. The highest BCUT2D eigenvalue weighted by Crippen LogP contribution is 2.29. The Morgan fingerprint density at radius 3 is 2.50 bits per heavy atom. The van der Waals surface area contributed by atoms with Gasteiger partial charge >= 0.3 is 0 Å². The van der Waals surface area contributed by atoms with Gasteiger partial charge in [0.05, 0.1) is 23.4 Å². The third kappa shape index (κ3) is 6.06. The second kappa shape index (κ2) is 12.2. The summed E-state index contributed by atoms with van der Waals surface area (Å²) in [6, 6.07) is 21.5. The number of aromatic nitrogens is 2. The Morgan fingerprint density at radius 1 is 1.02 bits per heavy atom. The van der Waals surface area contributed by atoms with Crippen molar-refractivity contribution in [2.75, 3.05) is 13.1 Å². The number of rotatable bonds is 8. The maximum atomic E-state index is 13.5. The molecule has 1 saturated heterocycles.